The van der Waals surface area contributed by atoms with Crippen molar-refractivity contribution in [3.05, 3.63) is 12.7 Å². The van der Waals surface area contributed by atoms with Crippen molar-refractivity contribution in [2.24, 2.45) is 0 Å². The maximum absolute atomic E-state index is 9.53. The van der Waals surface area contributed by atoms with Crippen molar-refractivity contribution in [2.75, 3.05) is 0 Å². The number of carbonyl (C=O) groups is 1. The molecule has 0 aromatic rings. The SMILES string of the molecule is C=CCC(=O)O.[Ag]. The summed E-state index contributed by atoms with van der Waals surface area (Å²) in [6.45, 7) is 3.22. The Hall–Kier alpha value is -0.0497. The summed E-state index contributed by atoms with van der Waals surface area (Å²) in [5, 5.41) is 7.84. The zero-order chi connectivity index (χ0) is 4.99. The van der Waals surface area contributed by atoms with Crippen molar-refractivity contribution in [3.8, 4) is 0 Å². The van der Waals surface area contributed by atoms with Gasteiger partial charge in [-0.05, 0) is 0 Å². The van der Waals surface area contributed by atoms with E-state index in [1.165, 1.54) is 6.08 Å². The van der Waals surface area contributed by atoms with E-state index >= 15 is 0 Å². The van der Waals surface area contributed by atoms with E-state index in [0.29, 0.717) is 0 Å². The van der Waals surface area contributed by atoms with Crippen LogP contribution in [0.5, 0.6) is 0 Å². The van der Waals surface area contributed by atoms with Crippen molar-refractivity contribution in [1.82, 2.24) is 0 Å². The number of hydrogen-bond acceptors (Lipinski definition) is 1. The molecule has 1 N–H and O–H groups in total. The third-order valence-corrected chi connectivity index (χ3v) is 0.319. The van der Waals surface area contributed by atoms with E-state index in [1.54, 1.807) is 0 Å². The Morgan fingerprint density at radius 1 is 1.86 bits per heavy atom. The van der Waals surface area contributed by atoms with E-state index in [-0.39, 0.29) is 28.8 Å². The molecule has 0 aromatic heterocycles. The fraction of sp³-hybridized carbons (Fsp3) is 0.250. The zero-order valence-electron chi connectivity index (χ0n) is 3.65. The molecule has 0 unspecified atom stereocenters. The Morgan fingerprint density at radius 2 is 2.29 bits per heavy atom. The average molecular weight is 194 g/mol. The number of carboxylic acids is 1. The number of rotatable bonds is 2. The van der Waals surface area contributed by atoms with E-state index in [2.05, 4.69) is 6.58 Å². The van der Waals surface area contributed by atoms with Gasteiger partial charge in [-0.3, -0.25) is 4.79 Å². The van der Waals surface area contributed by atoms with E-state index in [1.807, 2.05) is 0 Å². The van der Waals surface area contributed by atoms with Crippen molar-refractivity contribution in [2.45, 2.75) is 6.42 Å². The molecule has 0 amide bonds. The van der Waals surface area contributed by atoms with Gasteiger partial charge in [-0.2, -0.15) is 0 Å². The fourth-order valence-electron chi connectivity index (χ4n) is 0.123. The summed E-state index contributed by atoms with van der Waals surface area (Å²) in [6, 6.07) is 0. The molecule has 0 heterocycles. The summed E-state index contributed by atoms with van der Waals surface area (Å²) in [4.78, 5) is 9.53. The molecule has 3 heteroatoms. The summed E-state index contributed by atoms with van der Waals surface area (Å²) in [5.41, 5.74) is 0. The number of carboxylic acid groups (broad SMARTS) is 1. The van der Waals surface area contributed by atoms with Gasteiger partial charge in [-0.1, -0.05) is 6.08 Å². The Kier molecular flexibility index (Phi) is 8.54. The fourth-order valence-corrected chi connectivity index (χ4v) is 0.123. The molecule has 0 aliphatic heterocycles. The van der Waals surface area contributed by atoms with Gasteiger partial charge in [0.1, 0.15) is 0 Å². The maximum Gasteiger partial charge on any atom is 0.307 e. The molecule has 0 saturated carbocycles. The van der Waals surface area contributed by atoms with E-state index < -0.39 is 5.97 Å². The summed E-state index contributed by atoms with van der Waals surface area (Å²) in [7, 11) is 0. The minimum atomic E-state index is -0.829. The quantitative estimate of drug-likeness (QED) is 0.517. The molecule has 0 aliphatic carbocycles. The monoisotopic (exact) mass is 193 g/mol. The van der Waals surface area contributed by atoms with Gasteiger partial charge in [0.05, 0.1) is 6.42 Å². The third-order valence-electron chi connectivity index (χ3n) is 0.319. The molecule has 0 aromatic carbocycles. The van der Waals surface area contributed by atoms with Crippen molar-refractivity contribution < 1.29 is 32.3 Å². The molecule has 0 fully saturated rings. The first-order chi connectivity index (χ1) is 2.77. The second-order valence-corrected chi connectivity index (χ2v) is 0.887. The van der Waals surface area contributed by atoms with Crippen molar-refractivity contribution in [1.29, 1.82) is 0 Å². The van der Waals surface area contributed by atoms with E-state index in [9.17, 15) is 4.79 Å². The predicted octanol–water partition coefficient (Wildman–Crippen LogP) is 0.645. The van der Waals surface area contributed by atoms with Crippen molar-refractivity contribution in [3.63, 3.8) is 0 Å². The molecule has 0 aliphatic rings. The molecular formula is C4H6AgO2. The minimum absolute atomic E-state index is 0. The summed E-state index contributed by atoms with van der Waals surface area (Å²) in [6.07, 6.45) is 1.41. The normalized spacial score (nSPS) is 6.29. The summed E-state index contributed by atoms with van der Waals surface area (Å²) >= 11 is 0. The van der Waals surface area contributed by atoms with Gasteiger partial charge in [-0.25, -0.2) is 0 Å². The van der Waals surface area contributed by atoms with Crippen LogP contribution in [-0.2, 0) is 27.2 Å². The van der Waals surface area contributed by atoms with Crippen LogP contribution >= 0.6 is 0 Å². The molecule has 0 spiro atoms. The van der Waals surface area contributed by atoms with Crippen LogP contribution in [0.25, 0.3) is 0 Å². The maximum atomic E-state index is 9.53. The van der Waals surface area contributed by atoms with Crippen LogP contribution in [0.15, 0.2) is 12.7 Å². The molecule has 45 valence electrons. The molecule has 0 saturated heterocycles. The molecule has 1 radical (unpaired) electrons. The Morgan fingerprint density at radius 3 is 2.29 bits per heavy atom. The molecule has 0 atom stereocenters. The Bertz CT molecular complexity index is 70.1. The average Bonchev–Trinajstić information content (AvgIpc) is 1.35. The van der Waals surface area contributed by atoms with Gasteiger partial charge in [-0.15, -0.1) is 6.58 Å². The first kappa shape index (κ1) is 10.0. The van der Waals surface area contributed by atoms with Gasteiger partial charge < -0.3 is 5.11 Å². The number of hydrogen-bond donors (Lipinski definition) is 1. The molecule has 7 heavy (non-hydrogen) atoms. The van der Waals surface area contributed by atoms with Gasteiger partial charge in [0.15, 0.2) is 0 Å². The second-order valence-electron chi connectivity index (χ2n) is 0.887. The van der Waals surface area contributed by atoms with Crippen LogP contribution in [0.2, 0.25) is 0 Å². The van der Waals surface area contributed by atoms with Crippen LogP contribution in [-0.4, -0.2) is 11.1 Å². The minimum Gasteiger partial charge on any atom is -0.481 e. The standard InChI is InChI=1S/C4H6O2.Ag/c1-2-3-4(5)6;/h2H,1,3H2,(H,5,6);. The predicted molar refractivity (Wildman–Crippen MR) is 22.4 cm³/mol. The molecule has 0 rings (SSSR count). The van der Waals surface area contributed by atoms with E-state index in [0.717, 1.165) is 0 Å². The Balaban J connectivity index is 0. The third kappa shape index (κ3) is 10.7. The van der Waals surface area contributed by atoms with Crippen LogP contribution in [0.4, 0.5) is 0 Å². The van der Waals surface area contributed by atoms with Gasteiger partial charge in [0.25, 0.3) is 0 Å². The van der Waals surface area contributed by atoms with Crippen LogP contribution in [0, 0.1) is 0 Å². The first-order valence-corrected chi connectivity index (χ1v) is 1.60. The smallest absolute Gasteiger partial charge is 0.307 e. The van der Waals surface area contributed by atoms with E-state index in [4.69, 9.17) is 5.11 Å². The second kappa shape index (κ2) is 5.95. The Labute approximate surface area is 57.7 Å². The zero-order valence-corrected chi connectivity index (χ0v) is 5.13. The summed E-state index contributed by atoms with van der Waals surface area (Å²) < 4.78 is 0. The first-order valence-electron chi connectivity index (χ1n) is 1.60. The van der Waals surface area contributed by atoms with Crippen LogP contribution in [0.3, 0.4) is 0 Å². The summed E-state index contributed by atoms with van der Waals surface area (Å²) in [5.74, 6) is -0.829. The van der Waals surface area contributed by atoms with Crippen LogP contribution < -0.4 is 0 Å². The number of aliphatic carboxylic acids is 1. The van der Waals surface area contributed by atoms with Crippen LogP contribution in [0.1, 0.15) is 6.42 Å². The molecule has 0 bridgehead atoms. The largest absolute Gasteiger partial charge is 0.481 e. The topological polar surface area (TPSA) is 37.3 Å². The van der Waals surface area contributed by atoms with Gasteiger partial charge in [0, 0.05) is 22.4 Å². The van der Waals surface area contributed by atoms with Gasteiger partial charge >= 0.3 is 5.97 Å². The molecular weight excluding hydrogens is 188 g/mol. The van der Waals surface area contributed by atoms with Gasteiger partial charge in [0.2, 0.25) is 0 Å². The molecule has 2 nitrogen and oxygen atoms in total. The van der Waals surface area contributed by atoms with Crippen molar-refractivity contribution >= 4 is 5.97 Å².